The zero-order valence-electron chi connectivity index (χ0n) is 16.9. The standard InChI is InChI=1S/C22H30N4O/c1-16-23-19(21(27)26-13-7-5-6-8-14-26)15-20(24-16)25-18-11-9-17(10-12-18)22(2,3)4/h9-12,15H,5-8,13-14H2,1-4H3,(H,23,24,25). The summed E-state index contributed by atoms with van der Waals surface area (Å²) in [6.45, 7) is 10.1. The van der Waals surface area contributed by atoms with Crippen LogP contribution in [0.2, 0.25) is 0 Å². The van der Waals surface area contributed by atoms with Gasteiger partial charge in [0.2, 0.25) is 0 Å². The first-order valence-corrected chi connectivity index (χ1v) is 9.85. The van der Waals surface area contributed by atoms with Crippen LogP contribution in [-0.4, -0.2) is 33.9 Å². The van der Waals surface area contributed by atoms with Crippen molar-refractivity contribution in [2.24, 2.45) is 0 Å². The molecule has 1 aromatic carbocycles. The Balaban J connectivity index is 1.77. The van der Waals surface area contributed by atoms with Gasteiger partial charge in [-0.2, -0.15) is 0 Å². The third kappa shape index (κ3) is 5.06. The SMILES string of the molecule is Cc1nc(Nc2ccc(C(C)(C)C)cc2)cc(C(=O)N2CCCCCC2)n1. The van der Waals surface area contributed by atoms with Gasteiger partial charge in [-0.05, 0) is 42.9 Å². The summed E-state index contributed by atoms with van der Waals surface area (Å²) in [6, 6.07) is 10.1. The topological polar surface area (TPSA) is 58.1 Å². The number of hydrogen-bond acceptors (Lipinski definition) is 4. The monoisotopic (exact) mass is 366 g/mol. The molecular formula is C22H30N4O. The normalized spacial score (nSPS) is 15.3. The molecule has 5 heteroatoms. The third-order valence-corrected chi connectivity index (χ3v) is 4.97. The Morgan fingerprint density at radius 2 is 1.63 bits per heavy atom. The highest BCUT2D eigenvalue weighted by molar-refractivity contribution is 5.93. The van der Waals surface area contributed by atoms with Gasteiger partial charge in [-0.1, -0.05) is 45.7 Å². The second-order valence-electron chi connectivity index (χ2n) is 8.34. The molecule has 144 valence electrons. The zero-order valence-corrected chi connectivity index (χ0v) is 16.9. The molecule has 27 heavy (non-hydrogen) atoms. The van der Waals surface area contributed by atoms with Crippen molar-refractivity contribution >= 4 is 17.4 Å². The quantitative estimate of drug-likeness (QED) is 0.844. The lowest BCUT2D eigenvalue weighted by Crippen LogP contribution is -2.32. The van der Waals surface area contributed by atoms with Crippen molar-refractivity contribution in [3.8, 4) is 0 Å². The van der Waals surface area contributed by atoms with Crippen molar-refractivity contribution in [1.29, 1.82) is 0 Å². The van der Waals surface area contributed by atoms with Crippen LogP contribution in [0.15, 0.2) is 30.3 Å². The summed E-state index contributed by atoms with van der Waals surface area (Å²) >= 11 is 0. The van der Waals surface area contributed by atoms with Crippen molar-refractivity contribution in [1.82, 2.24) is 14.9 Å². The number of aromatic nitrogens is 2. The molecule has 0 bridgehead atoms. The Kier molecular flexibility index (Phi) is 5.78. The van der Waals surface area contributed by atoms with Gasteiger partial charge in [0.25, 0.3) is 5.91 Å². The van der Waals surface area contributed by atoms with Crippen LogP contribution >= 0.6 is 0 Å². The van der Waals surface area contributed by atoms with Gasteiger partial charge in [-0.3, -0.25) is 4.79 Å². The second kappa shape index (κ2) is 8.07. The average molecular weight is 367 g/mol. The fourth-order valence-corrected chi connectivity index (χ4v) is 3.38. The van der Waals surface area contributed by atoms with E-state index >= 15 is 0 Å². The second-order valence-corrected chi connectivity index (χ2v) is 8.34. The lowest BCUT2D eigenvalue weighted by Gasteiger charge is -2.20. The Hall–Kier alpha value is -2.43. The number of hydrogen-bond donors (Lipinski definition) is 1. The zero-order chi connectivity index (χ0) is 19.4. The first kappa shape index (κ1) is 19.3. The minimum Gasteiger partial charge on any atom is -0.340 e. The van der Waals surface area contributed by atoms with Crippen LogP contribution < -0.4 is 5.32 Å². The first-order valence-electron chi connectivity index (χ1n) is 9.85. The van der Waals surface area contributed by atoms with Gasteiger partial charge in [0.05, 0.1) is 0 Å². The van der Waals surface area contributed by atoms with E-state index in [1.165, 1.54) is 18.4 Å². The lowest BCUT2D eigenvalue weighted by atomic mass is 9.87. The van der Waals surface area contributed by atoms with Gasteiger partial charge >= 0.3 is 0 Å². The number of aryl methyl sites for hydroxylation is 1. The molecule has 1 aromatic heterocycles. The van der Waals surface area contributed by atoms with Crippen LogP contribution in [0.5, 0.6) is 0 Å². The molecule has 1 amide bonds. The number of nitrogens with one attached hydrogen (secondary N) is 1. The molecule has 5 nitrogen and oxygen atoms in total. The van der Waals surface area contributed by atoms with Crippen LogP contribution in [0.25, 0.3) is 0 Å². The minimum absolute atomic E-state index is 0.00790. The van der Waals surface area contributed by atoms with E-state index < -0.39 is 0 Å². The highest BCUT2D eigenvalue weighted by atomic mass is 16.2. The number of likely N-dealkylation sites (tertiary alicyclic amines) is 1. The molecule has 3 rings (SSSR count). The van der Waals surface area contributed by atoms with Gasteiger partial charge < -0.3 is 10.2 Å². The maximum Gasteiger partial charge on any atom is 0.272 e. The van der Waals surface area contributed by atoms with E-state index in [9.17, 15) is 4.79 Å². The molecule has 0 saturated carbocycles. The Morgan fingerprint density at radius 3 is 2.22 bits per heavy atom. The Morgan fingerprint density at radius 1 is 1.00 bits per heavy atom. The first-order chi connectivity index (χ1) is 12.8. The summed E-state index contributed by atoms with van der Waals surface area (Å²) in [5.41, 5.74) is 2.83. The van der Waals surface area contributed by atoms with Crippen LogP contribution in [0.3, 0.4) is 0 Å². The van der Waals surface area contributed by atoms with Gasteiger partial charge in [-0.15, -0.1) is 0 Å². The fourth-order valence-electron chi connectivity index (χ4n) is 3.38. The molecule has 0 atom stereocenters. The predicted octanol–water partition coefficient (Wildman–Crippen LogP) is 4.84. The van der Waals surface area contributed by atoms with E-state index in [-0.39, 0.29) is 11.3 Å². The summed E-state index contributed by atoms with van der Waals surface area (Å²) in [5, 5.41) is 3.31. The van der Waals surface area contributed by atoms with Crippen LogP contribution in [-0.2, 0) is 5.41 Å². The maximum atomic E-state index is 12.9. The number of rotatable bonds is 3. The van der Waals surface area contributed by atoms with Gasteiger partial charge in [0, 0.05) is 24.8 Å². The van der Waals surface area contributed by atoms with Crippen LogP contribution in [0, 0.1) is 6.92 Å². The molecule has 1 saturated heterocycles. The highest BCUT2D eigenvalue weighted by Crippen LogP contribution is 2.25. The summed E-state index contributed by atoms with van der Waals surface area (Å²) < 4.78 is 0. The number of carbonyl (C=O) groups excluding carboxylic acids is 1. The highest BCUT2D eigenvalue weighted by Gasteiger charge is 2.20. The Labute approximate surface area is 162 Å². The van der Waals surface area contributed by atoms with Crippen LogP contribution in [0.4, 0.5) is 11.5 Å². The van der Waals surface area contributed by atoms with Crippen molar-refractivity contribution in [2.45, 2.75) is 58.8 Å². The number of anilines is 2. The smallest absolute Gasteiger partial charge is 0.272 e. The molecular weight excluding hydrogens is 336 g/mol. The number of benzene rings is 1. The molecule has 0 radical (unpaired) electrons. The molecule has 1 aliphatic rings. The van der Waals surface area contributed by atoms with Crippen LogP contribution in [0.1, 0.15) is 68.3 Å². The number of amides is 1. The predicted molar refractivity (Wildman–Crippen MR) is 110 cm³/mol. The molecule has 0 spiro atoms. The molecule has 1 fully saturated rings. The van der Waals surface area contributed by atoms with E-state index in [1.54, 1.807) is 6.07 Å². The van der Waals surface area contributed by atoms with Crippen molar-refractivity contribution < 1.29 is 4.79 Å². The summed E-state index contributed by atoms with van der Waals surface area (Å²) in [4.78, 5) is 23.6. The summed E-state index contributed by atoms with van der Waals surface area (Å²) in [6.07, 6.45) is 4.54. The lowest BCUT2D eigenvalue weighted by molar-refractivity contribution is 0.0755. The summed E-state index contributed by atoms with van der Waals surface area (Å²) in [7, 11) is 0. The van der Waals surface area contributed by atoms with Crippen molar-refractivity contribution in [3.63, 3.8) is 0 Å². The number of nitrogens with zero attached hydrogens (tertiary/aromatic N) is 3. The van der Waals surface area contributed by atoms with E-state index in [0.29, 0.717) is 17.3 Å². The minimum atomic E-state index is 0.00790. The molecule has 1 N–H and O–H groups in total. The molecule has 0 unspecified atom stereocenters. The van der Waals surface area contributed by atoms with E-state index in [2.05, 4.69) is 48.2 Å². The molecule has 2 aromatic rings. The van der Waals surface area contributed by atoms with E-state index in [0.717, 1.165) is 31.6 Å². The molecule has 1 aliphatic heterocycles. The van der Waals surface area contributed by atoms with Gasteiger partial charge in [0.1, 0.15) is 17.3 Å². The van der Waals surface area contributed by atoms with E-state index in [4.69, 9.17) is 0 Å². The molecule has 0 aliphatic carbocycles. The summed E-state index contributed by atoms with van der Waals surface area (Å²) in [5.74, 6) is 1.27. The van der Waals surface area contributed by atoms with Crippen molar-refractivity contribution in [3.05, 3.63) is 47.4 Å². The van der Waals surface area contributed by atoms with Gasteiger partial charge in [-0.25, -0.2) is 9.97 Å². The van der Waals surface area contributed by atoms with Gasteiger partial charge in [0.15, 0.2) is 0 Å². The van der Waals surface area contributed by atoms with E-state index in [1.807, 2.05) is 24.0 Å². The fraction of sp³-hybridized carbons (Fsp3) is 0.500. The average Bonchev–Trinajstić information content (AvgIpc) is 2.89. The number of carbonyl (C=O) groups is 1. The third-order valence-electron chi connectivity index (χ3n) is 4.97. The maximum absolute atomic E-state index is 12.9. The molecule has 2 heterocycles. The largest absolute Gasteiger partial charge is 0.340 e. The van der Waals surface area contributed by atoms with Crippen molar-refractivity contribution in [2.75, 3.05) is 18.4 Å². The Bertz CT molecular complexity index is 785.